The van der Waals surface area contributed by atoms with Gasteiger partial charge >= 0.3 is 23.9 Å². The molecule has 0 bridgehead atoms. The van der Waals surface area contributed by atoms with Crippen molar-refractivity contribution in [2.75, 3.05) is 0 Å². The minimum absolute atomic E-state index is 0.000308. The normalized spacial score (nSPS) is 15.9. The highest BCUT2D eigenvalue weighted by Crippen LogP contribution is 2.69. The molecule has 468 valence electrons. The summed E-state index contributed by atoms with van der Waals surface area (Å²) in [5.41, 5.74) is -2.01. The maximum atomic E-state index is 16.6. The van der Waals surface area contributed by atoms with Gasteiger partial charge in [-0.25, -0.2) is 0 Å². The summed E-state index contributed by atoms with van der Waals surface area (Å²) in [5, 5.41) is 19.4. The molecule has 1 atom stereocenters. The van der Waals surface area contributed by atoms with Crippen molar-refractivity contribution in [3.05, 3.63) is 317 Å². The first-order valence-corrected chi connectivity index (χ1v) is 33.8. The molecule has 1 N–H and O–H groups in total. The summed E-state index contributed by atoms with van der Waals surface area (Å²) in [6.07, 6.45) is 1.63. The molecule has 0 spiro atoms. The second kappa shape index (κ2) is 23.2. The molecule has 12 nitrogen and oxygen atoms in total. The lowest BCUT2D eigenvalue weighted by Gasteiger charge is -2.29. The van der Waals surface area contributed by atoms with Crippen molar-refractivity contribution in [3.63, 3.8) is 0 Å². The number of ketones is 3. The van der Waals surface area contributed by atoms with E-state index in [-0.39, 0.29) is 85.6 Å². The molecular weight excluding hydrogens is 1270 g/mol. The van der Waals surface area contributed by atoms with Gasteiger partial charge in [-0.1, -0.05) is 170 Å². The highest BCUT2D eigenvalue weighted by atomic mass is 32.1. The number of aliphatic hydroxyl groups excluding tert-OH is 1. The van der Waals surface area contributed by atoms with Gasteiger partial charge in [-0.05, 0) is 144 Å². The van der Waals surface area contributed by atoms with Gasteiger partial charge in [-0.15, -0.1) is 34.0 Å². The molecule has 3 heterocycles. The van der Waals surface area contributed by atoms with E-state index in [0.717, 1.165) is 77.1 Å². The smallest absolute Gasteiger partial charge is 0.333 e. The predicted molar refractivity (Wildman–Crippen MR) is 376 cm³/mol. The average Bonchev–Trinajstić information content (AvgIpc) is 1.48. The van der Waals surface area contributed by atoms with E-state index in [0.29, 0.717) is 47.7 Å². The van der Waals surface area contributed by atoms with Gasteiger partial charge in [0.2, 0.25) is 10.8 Å². The highest BCUT2D eigenvalue weighted by Gasteiger charge is 2.72. The van der Waals surface area contributed by atoms with E-state index in [9.17, 15) is 19.5 Å². The molecule has 4 aliphatic carbocycles. The number of ether oxygens (including phenoxy) is 4. The minimum atomic E-state index is -2.67. The van der Waals surface area contributed by atoms with Crippen molar-refractivity contribution in [2.45, 2.75) is 43.4 Å². The van der Waals surface area contributed by atoms with Crippen molar-refractivity contribution in [1.82, 2.24) is 0 Å². The SMILES string of the molecule is O=C1C(=Cc2cc3sc4c(c3s2)C(C(=O)OCc2ccccc2)(C(=O)OCc2ccccc2)C2=C4C(C(=O)OCc3ccccc3)(C(=O)OCc3ccccc3)c3cc(/C=C4/C(=O)c5cc6cc7ccccc7cc6cc5C4O)sc32)C(=O)c2cc3cc4ccccc4cc3cc21. The van der Waals surface area contributed by atoms with Crippen molar-refractivity contribution >= 4 is 151 Å². The lowest BCUT2D eigenvalue weighted by atomic mass is 9.76. The second-order valence-electron chi connectivity index (χ2n) is 24.5. The number of hydrogen-bond acceptors (Lipinski definition) is 15. The molecule has 97 heavy (non-hydrogen) atoms. The number of rotatable bonds is 14. The largest absolute Gasteiger partial charge is 0.459 e. The molecule has 0 amide bonds. The first kappa shape index (κ1) is 59.4. The van der Waals surface area contributed by atoms with E-state index in [2.05, 4.69) is 0 Å². The Labute approximate surface area is 565 Å². The summed E-state index contributed by atoms with van der Waals surface area (Å²) in [7, 11) is 0. The van der Waals surface area contributed by atoms with E-state index in [1.807, 2.05) is 103 Å². The van der Waals surface area contributed by atoms with Crippen LogP contribution in [-0.4, -0.2) is 46.3 Å². The van der Waals surface area contributed by atoms with Gasteiger partial charge in [0.25, 0.3) is 0 Å². The second-order valence-corrected chi connectivity index (χ2v) is 27.7. The Kier molecular flexibility index (Phi) is 14.2. The van der Waals surface area contributed by atoms with Crippen LogP contribution in [0.2, 0.25) is 0 Å². The van der Waals surface area contributed by atoms with Gasteiger partial charge < -0.3 is 24.1 Å². The molecule has 0 saturated heterocycles. The molecule has 10 aromatic carbocycles. The quantitative estimate of drug-likeness (QED) is 0.0273. The van der Waals surface area contributed by atoms with E-state index in [1.165, 1.54) is 12.2 Å². The van der Waals surface area contributed by atoms with Gasteiger partial charge in [-0.2, -0.15) is 0 Å². The number of allylic oxidation sites excluding steroid dienone is 1. The van der Waals surface area contributed by atoms with Crippen molar-refractivity contribution in [2.24, 2.45) is 0 Å². The number of hydrogen-bond donors (Lipinski definition) is 1. The van der Waals surface area contributed by atoms with Crippen LogP contribution in [0.25, 0.3) is 75.8 Å². The minimum Gasteiger partial charge on any atom is -0.459 e. The highest BCUT2D eigenvalue weighted by molar-refractivity contribution is 7.29. The van der Waals surface area contributed by atoms with Crippen LogP contribution in [0.3, 0.4) is 0 Å². The van der Waals surface area contributed by atoms with Crippen LogP contribution >= 0.6 is 34.0 Å². The van der Waals surface area contributed by atoms with E-state index in [1.54, 1.807) is 127 Å². The summed E-state index contributed by atoms with van der Waals surface area (Å²) < 4.78 is 26.6. The number of esters is 4. The maximum absolute atomic E-state index is 16.6. The molecule has 0 radical (unpaired) electrons. The Morgan fingerprint density at radius 2 is 0.784 bits per heavy atom. The summed E-state index contributed by atoms with van der Waals surface area (Å²) in [6, 6.07) is 69.7. The fourth-order valence-electron chi connectivity index (χ4n) is 14.2. The first-order valence-electron chi connectivity index (χ1n) is 31.4. The van der Waals surface area contributed by atoms with Crippen LogP contribution in [0.1, 0.15) is 95.6 Å². The predicted octanol–water partition coefficient (Wildman–Crippen LogP) is 16.8. The number of carbonyl (C=O) groups excluding carboxylic acids is 7. The zero-order chi connectivity index (χ0) is 65.8. The number of aliphatic hydroxyl groups is 1. The lowest BCUT2D eigenvalue weighted by molar-refractivity contribution is -0.165. The Hall–Kier alpha value is -11.3. The summed E-state index contributed by atoms with van der Waals surface area (Å²) >= 11 is 3.21. The topological polar surface area (TPSA) is 177 Å². The van der Waals surface area contributed by atoms with Crippen LogP contribution in [0.15, 0.2) is 242 Å². The fraction of sp³-hybridized carbons (Fsp3) is 0.0854. The third kappa shape index (κ3) is 9.51. The van der Waals surface area contributed by atoms with E-state index >= 15 is 19.2 Å². The molecule has 0 aliphatic heterocycles. The van der Waals surface area contributed by atoms with Crippen molar-refractivity contribution < 1.29 is 57.6 Å². The summed E-state index contributed by atoms with van der Waals surface area (Å²) in [5.74, 6) is -5.80. The third-order valence-corrected chi connectivity index (χ3v) is 22.3. The standard InChI is InChI=1S/C82H50O12S3/c83-70-59-33-53-29-49-25-13-14-26-50(49)30-54(53)34-60(59)71(84)63(70)37-57-39-65-74(95-57)67-68(81(65,77(87)91-41-45-17-5-1-6-18-45)78(88)92-42-46-19-7-2-8-20-46)76-69(82(67,79(89)93-43-47-21-9-3-10-22-47)80(90)94-44-48-23-11-4-12-24-48)75-66(97-76)40-58(96-75)38-64-72(85)61-35-55-31-51-27-15-16-28-52(51)32-56(55)36-62(61)73(64)86/h1-40,70,83H,41-44H2/b63-37+. The van der Waals surface area contributed by atoms with Gasteiger partial charge in [0.1, 0.15) is 32.5 Å². The number of fused-ring (bicyclic) bond motifs is 12. The van der Waals surface area contributed by atoms with Crippen LogP contribution in [0.5, 0.6) is 0 Å². The van der Waals surface area contributed by atoms with Crippen molar-refractivity contribution in [3.8, 4) is 0 Å². The Morgan fingerprint density at radius 3 is 1.24 bits per heavy atom. The number of benzene rings is 10. The fourth-order valence-corrected chi connectivity index (χ4v) is 18.3. The monoisotopic (exact) mass is 1320 g/mol. The molecular formula is C82H50O12S3. The zero-order valence-electron chi connectivity index (χ0n) is 51.2. The first-order chi connectivity index (χ1) is 47.3. The van der Waals surface area contributed by atoms with Crippen LogP contribution in [-0.2, 0) is 75.4 Å². The molecule has 13 aromatic rings. The summed E-state index contributed by atoms with van der Waals surface area (Å²) in [6.45, 7) is -1.31. The van der Waals surface area contributed by atoms with E-state index in [4.69, 9.17) is 18.9 Å². The van der Waals surface area contributed by atoms with E-state index < -0.39 is 58.2 Å². The van der Waals surface area contributed by atoms with Crippen LogP contribution in [0, 0.1) is 0 Å². The molecule has 3 aromatic heterocycles. The Morgan fingerprint density at radius 1 is 0.392 bits per heavy atom. The van der Waals surface area contributed by atoms with Gasteiger partial charge in [0, 0.05) is 68.7 Å². The maximum Gasteiger partial charge on any atom is 0.333 e. The molecule has 0 saturated carbocycles. The molecule has 0 fully saturated rings. The van der Waals surface area contributed by atoms with Gasteiger partial charge in [0.05, 0.1) is 10.3 Å². The average molecular weight is 1320 g/mol. The number of thiophene rings is 3. The molecule has 15 heteroatoms. The third-order valence-electron chi connectivity index (χ3n) is 18.8. The number of carbonyl (C=O) groups is 7. The molecule has 4 aliphatic rings. The Bertz CT molecular complexity index is 5510. The molecule has 17 rings (SSSR count). The Balaban J connectivity index is 0.888. The van der Waals surface area contributed by atoms with Crippen molar-refractivity contribution in [1.29, 1.82) is 0 Å². The van der Waals surface area contributed by atoms with Gasteiger partial charge in [0.15, 0.2) is 17.3 Å². The summed E-state index contributed by atoms with van der Waals surface area (Å²) in [4.78, 5) is 111. The lowest BCUT2D eigenvalue weighted by Crippen LogP contribution is -2.45. The number of Topliss-reactive ketones (excluding diaryl/α,β-unsaturated/α-hetero) is 3. The van der Waals surface area contributed by atoms with Crippen LogP contribution in [0.4, 0.5) is 0 Å². The van der Waals surface area contributed by atoms with Gasteiger partial charge in [-0.3, -0.25) is 33.6 Å². The zero-order valence-corrected chi connectivity index (χ0v) is 53.6. The van der Waals surface area contributed by atoms with Crippen LogP contribution < -0.4 is 0 Å². The molecule has 1 unspecified atom stereocenters.